The second kappa shape index (κ2) is 7.11. The Hall–Kier alpha value is -1.97. The lowest BCUT2D eigenvalue weighted by molar-refractivity contribution is -0.166. The van der Waals surface area contributed by atoms with Gasteiger partial charge in [0, 0.05) is 17.7 Å². The summed E-state index contributed by atoms with van der Waals surface area (Å²) in [6.45, 7) is 3.33. The minimum Gasteiger partial charge on any atom is -0.507 e. The molecule has 0 spiro atoms. The van der Waals surface area contributed by atoms with Crippen molar-refractivity contribution in [3.63, 3.8) is 0 Å². The van der Waals surface area contributed by atoms with Crippen LogP contribution in [0.5, 0.6) is 11.5 Å². The number of thioether (sulfide) groups is 1. The lowest BCUT2D eigenvalue weighted by atomic mass is 9.83. The zero-order chi connectivity index (χ0) is 18.9. The molecule has 4 N–H and O–H groups in total. The highest BCUT2D eigenvalue weighted by Crippen LogP contribution is 2.46. The van der Waals surface area contributed by atoms with Crippen molar-refractivity contribution in [3.8, 4) is 11.5 Å². The van der Waals surface area contributed by atoms with Gasteiger partial charge in [-0.05, 0) is 18.1 Å². The van der Waals surface area contributed by atoms with Gasteiger partial charge in [-0.25, -0.2) is 9.59 Å². The summed E-state index contributed by atoms with van der Waals surface area (Å²) >= 11 is 0.944. The average Bonchev–Trinajstić information content (AvgIpc) is 2.54. The number of methoxy groups -OCH3 is 1. The molecule has 8 nitrogen and oxygen atoms in total. The Labute approximate surface area is 148 Å². The third-order valence-electron chi connectivity index (χ3n) is 4.24. The Morgan fingerprint density at radius 1 is 1.52 bits per heavy atom. The molecule has 0 aromatic heterocycles. The fourth-order valence-corrected chi connectivity index (χ4v) is 3.88. The zero-order valence-electron chi connectivity index (χ0n) is 14.0. The van der Waals surface area contributed by atoms with E-state index < -0.39 is 29.7 Å². The molecule has 1 heterocycles. The van der Waals surface area contributed by atoms with E-state index in [4.69, 9.17) is 14.6 Å². The number of hydrogen-bond acceptors (Lipinski definition) is 8. The van der Waals surface area contributed by atoms with E-state index in [-0.39, 0.29) is 22.8 Å². The molecule has 1 aromatic carbocycles. The minimum absolute atomic E-state index is 0.0222. The number of ether oxygens (including phenoxy) is 2. The number of aromatic hydroxyl groups is 1. The fraction of sp³-hybridized carbons (Fsp3) is 0.500. The second-order valence-electron chi connectivity index (χ2n) is 5.84. The van der Waals surface area contributed by atoms with Gasteiger partial charge in [0.15, 0.2) is 6.10 Å². The maximum absolute atomic E-state index is 12.3. The third-order valence-corrected chi connectivity index (χ3v) is 5.41. The highest BCUT2D eigenvalue weighted by atomic mass is 32.2. The first-order valence-corrected chi connectivity index (χ1v) is 8.62. The number of cyclic esters (lactones) is 1. The van der Waals surface area contributed by atoms with Crippen molar-refractivity contribution < 1.29 is 39.5 Å². The number of carboxylic acids is 1. The molecule has 3 atom stereocenters. The van der Waals surface area contributed by atoms with Gasteiger partial charge in [0.05, 0.1) is 12.9 Å². The van der Waals surface area contributed by atoms with E-state index in [0.29, 0.717) is 16.9 Å². The number of phenolic OH excluding ortho intramolecular Hbond substituents is 1. The number of aliphatic hydroxyl groups excluding tert-OH is 1. The van der Waals surface area contributed by atoms with Gasteiger partial charge in [0.25, 0.3) is 0 Å². The molecule has 1 aliphatic heterocycles. The third kappa shape index (κ3) is 3.53. The number of aliphatic hydroxyl groups is 2. The average molecular weight is 372 g/mol. The van der Waals surface area contributed by atoms with Crippen LogP contribution in [0.2, 0.25) is 0 Å². The van der Waals surface area contributed by atoms with Crippen LogP contribution in [0.1, 0.15) is 34.3 Å². The highest BCUT2D eigenvalue weighted by molar-refractivity contribution is 7.99. The number of benzene rings is 1. The topological polar surface area (TPSA) is 134 Å². The molecule has 0 saturated carbocycles. The number of phenols is 1. The summed E-state index contributed by atoms with van der Waals surface area (Å²) in [6.07, 6.45) is -1.58. The van der Waals surface area contributed by atoms with E-state index in [9.17, 15) is 24.9 Å². The van der Waals surface area contributed by atoms with Gasteiger partial charge in [0.1, 0.15) is 17.1 Å². The van der Waals surface area contributed by atoms with E-state index in [1.807, 2.05) is 0 Å². The molecule has 2 rings (SSSR count). The summed E-state index contributed by atoms with van der Waals surface area (Å²) in [6, 6.07) is 1.31. The molecule has 0 unspecified atom stereocenters. The summed E-state index contributed by atoms with van der Waals surface area (Å²) in [5.74, 6) is -5.09. The van der Waals surface area contributed by atoms with Gasteiger partial charge in [-0.2, -0.15) is 11.8 Å². The van der Waals surface area contributed by atoms with Gasteiger partial charge in [-0.15, -0.1) is 0 Å². The van der Waals surface area contributed by atoms with Crippen molar-refractivity contribution in [2.75, 3.05) is 18.6 Å². The number of carboxylic acid groups (broad SMARTS) is 1. The highest BCUT2D eigenvalue weighted by Gasteiger charge is 2.47. The standard InChI is InChI=1S/C16H20O8S/c1-7-11(23-3)4-9(17)13-12(7)8(2)16(22,24-15(13)21)6-25-5-10(18)14(19)20/h4,8,10,17-18,22H,5-6H2,1-3H3,(H,19,20)/t8-,10-,16+/m0/s1. The summed E-state index contributed by atoms with van der Waals surface area (Å²) in [4.78, 5) is 22.9. The Bertz CT molecular complexity index is 704. The number of esters is 1. The quantitative estimate of drug-likeness (QED) is 0.536. The van der Waals surface area contributed by atoms with Crippen LogP contribution < -0.4 is 4.74 Å². The van der Waals surface area contributed by atoms with Crippen molar-refractivity contribution >= 4 is 23.7 Å². The predicted molar refractivity (Wildman–Crippen MR) is 89.1 cm³/mol. The Morgan fingerprint density at radius 2 is 2.16 bits per heavy atom. The first-order chi connectivity index (χ1) is 11.6. The van der Waals surface area contributed by atoms with E-state index in [1.54, 1.807) is 13.8 Å². The van der Waals surface area contributed by atoms with Crippen molar-refractivity contribution in [2.45, 2.75) is 31.7 Å². The van der Waals surface area contributed by atoms with Crippen LogP contribution in [0.3, 0.4) is 0 Å². The minimum atomic E-state index is -1.91. The van der Waals surface area contributed by atoms with Gasteiger partial charge in [-0.1, -0.05) is 6.92 Å². The lowest BCUT2D eigenvalue weighted by Crippen LogP contribution is -2.47. The molecule has 0 amide bonds. The molecule has 0 bridgehead atoms. The van der Waals surface area contributed by atoms with Crippen LogP contribution in [-0.2, 0) is 9.53 Å². The number of carbonyl (C=O) groups is 2. The fourth-order valence-electron chi connectivity index (χ4n) is 2.80. The van der Waals surface area contributed by atoms with E-state index in [1.165, 1.54) is 13.2 Å². The van der Waals surface area contributed by atoms with Crippen molar-refractivity contribution in [1.82, 2.24) is 0 Å². The summed E-state index contributed by atoms with van der Waals surface area (Å²) in [7, 11) is 1.43. The summed E-state index contributed by atoms with van der Waals surface area (Å²) < 4.78 is 10.3. The summed E-state index contributed by atoms with van der Waals surface area (Å²) in [5, 5.41) is 38.9. The molecule has 0 radical (unpaired) electrons. The molecule has 0 saturated heterocycles. The van der Waals surface area contributed by atoms with Gasteiger partial charge in [0.2, 0.25) is 5.79 Å². The van der Waals surface area contributed by atoms with Crippen LogP contribution in [-0.4, -0.2) is 62.9 Å². The van der Waals surface area contributed by atoms with Crippen LogP contribution in [0.15, 0.2) is 6.07 Å². The molecule has 25 heavy (non-hydrogen) atoms. The van der Waals surface area contributed by atoms with E-state index >= 15 is 0 Å². The van der Waals surface area contributed by atoms with Gasteiger partial charge < -0.3 is 29.9 Å². The monoisotopic (exact) mass is 372 g/mol. The number of aliphatic carboxylic acids is 1. The number of carbonyl (C=O) groups excluding carboxylic acids is 1. The maximum Gasteiger partial charge on any atom is 0.344 e. The zero-order valence-corrected chi connectivity index (χ0v) is 14.8. The van der Waals surface area contributed by atoms with Crippen molar-refractivity contribution in [1.29, 1.82) is 0 Å². The Kier molecular flexibility index (Phi) is 5.50. The van der Waals surface area contributed by atoms with Crippen LogP contribution >= 0.6 is 11.8 Å². The molecule has 1 aromatic rings. The van der Waals surface area contributed by atoms with Gasteiger partial charge in [-0.3, -0.25) is 0 Å². The molecular formula is C16H20O8S. The van der Waals surface area contributed by atoms with Gasteiger partial charge >= 0.3 is 11.9 Å². The first-order valence-electron chi connectivity index (χ1n) is 7.47. The van der Waals surface area contributed by atoms with Crippen molar-refractivity contribution in [3.05, 3.63) is 22.8 Å². The molecule has 9 heteroatoms. The molecule has 1 aliphatic rings. The lowest BCUT2D eigenvalue weighted by Gasteiger charge is -2.39. The van der Waals surface area contributed by atoms with Crippen LogP contribution in [0.25, 0.3) is 0 Å². The maximum atomic E-state index is 12.3. The smallest absolute Gasteiger partial charge is 0.344 e. The molecule has 138 valence electrons. The number of rotatable bonds is 6. The number of hydrogen-bond donors (Lipinski definition) is 4. The summed E-state index contributed by atoms with van der Waals surface area (Å²) in [5.41, 5.74) is 0.981. The largest absolute Gasteiger partial charge is 0.507 e. The molecular weight excluding hydrogens is 352 g/mol. The second-order valence-corrected chi connectivity index (χ2v) is 6.87. The van der Waals surface area contributed by atoms with Crippen LogP contribution in [0.4, 0.5) is 0 Å². The van der Waals surface area contributed by atoms with Crippen molar-refractivity contribution in [2.24, 2.45) is 0 Å². The normalized spacial score (nSPS) is 23.6. The SMILES string of the molecule is COc1cc(O)c2c(c1C)[C@H](C)[C@@](O)(CSC[C@H](O)C(=O)O)OC2=O. The predicted octanol–water partition coefficient (Wildman–Crippen LogP) is 0.850. The Morgan fingerprint density at radius 3 is 2.72 bits per heavy atom. The van der Waals surface area contributed by atoms with Crippen LogP contribution in [0, 0.1) is 6.92 Å². The molecule has 0 fully saturated rings. The Balaban J connectivity index is 2.33. The van der Waals surface area contributed by atoms with E-state index in [2.05, 4.69) is 0 Å². The van der Waals surface area contributed by atoms with E-state index in [0.717, 1.165) is 11.8 Å². The number of fused-ring (bicyclic) bond motifs is 1. The first kappa shape index (κ1) is 19.4. The molecule has 0 aliphatic carbocycles.